The lowest BCUT2D eigenvalue weighted by molar-refractivity contribution is 0.0686. The molecule has 0 bridgehead atoms. The van der Waals surface area contributed by atoms with Crippen LogP contribution in [0.5, 0.6) is 11.5 Å². The third-order valence-electron chi connectivity index (χ3n) is 2.67. The van der Waals surface area contributed by atoms with Crippen molar-refractivity contribution < 1.29 is 19.7 Å². The molecule has 0 fully saturated rings. The average Bonchev–Trinajstić information content (AvgIpc) is 2.36. The van der Waals surface area contributed by atoms with Gasteiger partial charge < -0.3 is 19.7 Å². The molecule has 0 amide bonds. The maximum atomic E-state index is 9.70. The topological polar surface area (TPSA) is 58.9 Å². The summed E-state index contributed by atoms with van der Waals surface area (Å²) in [7, 11) is 0. The van der Waals surface area contributed by atoms with Gasteiger partial charge in [-0.1, -0.05) is 19.9 Å². The third-order valence-corrected chi connectivity index (χ3v) is 2.67. The Bertz CT molecular complexity index is 363. The number of ether oxygens (including phenoxy) is 2. The molecule has 1 unspecified atom stereocenters. The predicted molar refractivity (Wildman–Crippen MR) is 69.9 cm³/mol. The summed E-state index contributed by atoms with van der Waals surface area (Å²) in [5, 5.41) is 18.8. The number of aliphatic hydroxyl groups excluding tert-OH is 2. The van der Waals surface area contributed by atoms with E-state index in [1.807, 2.05) is 20.8 Å². The van der Waals surface area contributed by atoms with Crippen molar-refractivity contribution in [3.05, 3.63) is 23.8 Å². The van der Waals surface area contributed by atoms with Gasteiger partial charge in [-0.2, -0.15) is 0 Å². The van der Waals surface area contributed by atoms with E-state index in [1.54, 1.807) is 18.2 Å². The van der Waals surface area contributed by atoms with Crippen LogP contribution >= 0.6 is 0 Å². The van der Waals surface area contributed by atoms with Crippen LogP contribution in [0.2, 0.25) is 0 Å². The molecule has 0 radical (unpaired) electrons. The van der Waals surface area contributed by atoms with Crippen molar-refractivity contribution in [3.8, 4) is 11.5 Å². The van der Waals surface area contributed by atoms with Crippen LogP contribution in [0.25, 0.3) is 0 Å². The van der Waals surface area contributed by atoms with Gasteiger partial charge in [-0.05, 0) is 30.5 Å². The molecule has 2 N–H and O–H groups in total. The minimum atomic E-state index is -0.503. The zero-order chi connectivity index (χ0) is 13.5. The van der Waals surface area contributed by atoms with Crippen LogP contribution in [-0.2, 0) is 6.61 Å². The summed E-state index contributed by atoms with van der Waals surface area (Å²) in [6.07, 6.45) is -0.503. The van der Waals surface area contributed by atoms with E-state index in [0.717, 1.165) is 5.56 Å². The highest BCUT2D eigenvalue weighted by molar-refractivity contribution is 5.42. The Morgan fingerprint density at radius 1 is 1.17 bits per heavy atom. The van der Waals surface area contributed by atoms with Gasteiger partial charge in [0.25, 0.3) is 0 Å². The van der Waals surface area contributed by atoms with Gasteiger partial charge in [-0.3, -0.25) is 0 Å². The van der Waals surface area contributed by atoms with Gasteiger partial charge in [0.1, 0.15) is 6.61 Å². The molecule has 1 aromatic rings. The standard InChI is InChI=1S/C14H22O4/c1-4-17-14-7-11(8-15)5-6-13(14)18-9-12(16)10(2)3/h5-7,10,12,15-16H,4,8-9H2,1-3H3. The van der Waals surface area contributed by atoms with Crippen LogP contribution in [0, 0.1) is 5.92 Å². The van der Waals surface area contributed by atoms with Crippen molar-refractivity contribution in [2.45, 2.75) is 33.5 Å². The quantitative estimate of drug-likeness (QED) is 0.781. The summed E-state index contributed by atoms with van der Waals surface area (Å²) in [6.45, 7) is 6.49. The minimum Gasteiger partial charge on any atom is -0.490 e. The fraction of sp³-hybridized carbons (Fsp3) is 0.571. The SMILES string of the molecule is CCOc1cc(CO)ccc1OCC(O)C(C)C. The zero-order valence-electron chi connectivity index (χ0n) is 11.2. The first-order valence-corrected chi connectivity index (χ1v) is 6.26. The third kappa shape index (κ3) is 4.20. The van der Waals surface area contributed by atoms with Gasteiger partial charge >= 0.3 is 0 Å². The van der Waals surface area contributed by atoms with Gasteiger partial charge in [0, 0.05) is 0 Å². The first-order chi connectivity index (χ1) is 8.58. The number of hydrogen-bond acceptors (Lipinski definition) is 4. The number of hydrogen-bond donors (Lipinski definition) is 2. The molecule has 0 aliphatic heterocycles. The van der Waals surface area contributed by atoms with Gasteiger partial charge in [0.05, 0.1) is 19.3 Å². The van der Waals surface area contributed by atoms with Crippen LogP contribution in [-0.4, -0.2) is 29.5 Å². The highest BCUT2D eigenvalue weighted by Crippen LogP contribution is 2.28. The maximum Gasteiger partial charge on any atom is 0.161 e. The van der Waals surface area contributed by atoms with Crippen LogP contribution < -0.4 is 9.47 Å². The van der Waals surface area contributed by atoms with E-state index >= 15 is 0 Å². The fourth-order valence-electron chi connectivity index (χ4n) is 1.41. The highest BCUT2D eigenvalue weighted by atomic mass is 16.5. The Morgan fingerprint density at radius 3 is 2.44 bits per heavy atom. The molecule has 0 spiro atoms. The summed E-state index contributed by atoms with van der Waals surface area (Å²) in [6, 6.07) is 5.28. The van der Waals surface area contributed by atoms with Crippen molar-refractivity contribution in [1.29, 1.82) is 0 Å². The minimum absolute atomic E-state index is 0.0328. The molecule has 0 aliphatic carbocycles. The normalized spacial score (nSPS) is 12.6. The molecule has 102 valence electrons. The molecule has 4 heteroatoms. The smallest absolute Gasteiger partial charge is 0.161 e. The van der Waals surface area contributed by atoms with Crippen LogP contribution in [0.3, 0.4) is 0 Å². The first-order valence-electron chi connectivity index (χ1n) is 6.26. The van der Waals surface area contributed by atoms with Gasteiger partial charge in [0.2, 0.25) is 0 Å². The molecule has 0 aromatic heterocycles. The van der Waals surface area contributed by atoms with Gasteiger partial charge in [-0.25, -0.2) is 0 Å². The molecule has 0 heterocycles. The van der Waals surface area contributed by atoms with E-state index < -0.39 is 6.10 Å². The predicted octanol–water partition coefficient (Wildman–Crippen LogP) is 1.97. The Hall–Kier alpha value is -1.26. The van der Waals surface area contributed by atoms with Crippen LogP contribution in [0.4, 0.5) is 0 Å². The van der Waals surface area contributed by atoms with E-state index in [0.29, 0.717) is 18.1 Å². The van der Waals surface area contributed by atoms with Gasteiger partial charge in [-0.15, -0.1) is 0 Å². The lowest BCUT2D eigenvalue weighted by atomic mass is 10.1. The molecule has 1 atom stereocenters. The largest absolute Gasteiger partial charge is 0.490 e. The molecule has 1 rings (SSSR count). The number of rotatable bonds is 7. The van der Waals surface area contributed by atoms with Crippen molar-refractivity contribution in [2.24, 2.45) is 5.92 Å². The summed E-state index contributed by atoms with van der Waals surface area (Å²) in [4.78, 5) is 0. The Labute approximate surface area is 108 Å². The van der Waals surface area contributed by atoms with Gasteiger partial charge in [0.15, 0.2) is 11.5 Å². The molecular weight excluding hydrogens is 232 g/mol. The van der Waals surface area contributed by atoms with E-state index in [1.165, 1.54) is 0 Å². The summed E-state index contributed by atoms with van der Waals surface area (Å²) >= 11 is 0. The second-order valence-electron chi connectivity index (χ2n) is 4.49. The molecule has 0 saturated carbocycles. The second-order valence-corrected chi connectivity index (χ2v) is 4.49. The fourth-order valence-corrected chi connectivity index (χ4v) is 1.41. The second kappa shape index (κ2) is 7.24. The first kappa shape index (κ1) is 14.8. The highest BCUT2D eigenvalue weighted by Gasteiger charge is 2.12. The lowest BCUT2D eigenvalue weighted by Gasteiger charge is -2.17. The van der Waals surface area contributed by atoms with Crippen molar-refractivity contribution in [1.82, 2.24) is 0 Å². The molecule has 4 nitrogen and oxygen atoms in total. The summed E-state index contributed by atoms with van der Waals surface area (Å²) in [5.74, 6) is 1.34. The van der Waals surface area contributed by atoms with Crippen molar-refractivity contribution in [2.75, 3.05) is 13.2 Å². The monoisotopic (exact) mass is 254 g/mol. The van der Waals surface area contributed by atoms with E-state index in [9.17, 15) is 5.11 Å². The Kier molecular flexibility index (Phi) is 5.95. The summed E-state index contributed by atoms with van der Waals surface area (Å²) < 4.78 is 11.0. The average molecular weight is 254 g/mol. The van der Waals surface area contributed by atoms with Crippen LogP contribution in [0.15, 0.2) is 18.2 Å². The molecule has 0 aliphatic rings. The zero-order valence-corrected chi connectivity index (χ0v) is 11.2. The number of aliphatic hydroxyl groups is 2. The molecule has 18 heavy (non-hydrogen) atoms. The molecule has 0 saturated heterocycles. The van der Waals surface area contributed by atoms with Crippen molar-refractivity contribution >= 4 is 0 Å². The molecule has 1 aromatic carbocycles. The number of benzene rings is 1. The lowest BCUT2D eigenvalue weighted by Crippen LogP contribution is -2.23. The Morgan fingerprint density at radius 2 is 1.89 bits per heavy atom. The Balaban J connectivity index is 2.74. The van der Waals surface area contributed by atoms with E-state index in [-0.39, 0.29) is 19.1 Å². The van der Waals surface area contributed by atoms with E-state index in [4.69, 9.17) is 14.6 Å². The van der Waals surface area contributed by atoms with Crippen molar-refractivity contribution in [3.63, 3.8) is 0 Å². The summed E-state index contributed by atoms with van der Waals surface area (Å²) in [5.41, 5.74) is 0.773. The van der Waals surface area contributed by atoms with E-state index in [2.05, 4.69) is 0 Å². The van der Waals surface area contributed by atoms with Crippen LogP contribution in [0.1, 0.15) is 26.3 Å². The molecular formula is C14H22O4. The maximum absolute atomic E-state index is 9.70.